The molecule has 0 aliphatic carbocycles. The third-order valence-corrected chi connectivity index (χ3v) is 6.54. The van der Waals surface area contributed by atoms with Gasteiger partial charge in [0.05, 0.1) is 42.8 Å². The number of rotatable bonds is 6. The van der Waals surface area contributed by atoms with Gasteiger partial charge in [0.1, 0.15) is 22.0 Å². The number of nitrogens with zero attached hydrogens (tertiary/aromatic N) is 4. The molecule has 0 fully saturated rings. The summed E-state index contributed by atoms with van der Waals surface area (Å²) in [6.45, 7) is 1.82. The number of aryl methyl sites for hydroxylation is 1. The third-order valence-electron chi connectivity index (χ3n) is 5.34. The fraction of sp³-hybridized carbons (Fsp3) is 0.120. The van der Waals surface area contributed by atoms with Gasteiger partial charge in [0.25, 0.3) is 5.91 Å². The molecule has 0 atom stereocenters. The number of fused-ring (bicyclic) bond motifs is 1. The molecule has 0 saturated carbocycles. The van der Waals surface area contributed by atoms with Crippen LogP contribution in [-0.2, 0) is 0 Å². The van der Waals surface area contributed by atoms with Crippen molar-refractivity contribution in [2.45, 2.75) is 6.92 Å². The van der Waals surface area contributed by atoms with E-state index in [2.05, 4.69) is 20.3 Å². The quantitative estimate of drug-likeness (QED) is 0.370. The number of methoxy groups -OCH3 is 2. The van der Waals surface area contributed by atoms with Crippen molar-refractivity contribution < 1.29 is 14.3 Å². The summed E-state index contributed by atoms with van der Waals surface area (Å²) < 4.78 is 12.6. The number of amides is 1. The lowest BCUT2D eigenvalue weighted by Crippen LogP contribution is -2.12. The number of benzene rings is 2. The van der Waals surface area contributed by atoms with E-state index in [4.69, 9.17) is 9.47 Å². The Morgan fingerprint density at radius 2 is 1.82 bits per heavy atom. The van der Waals surface area contributed by atoms with Gasteiger partial charge in [-0.1, -0.05) is 12.1 Å². The summed E-state index contributed by atoms with van der Waals surface area (Å²) in [7, 11) is 3.18. The van der Waals surface area contributed by atoms with Crippen LogP contribution in [0.2, 0.25) is 0 Å². The Bertz CT molecular complexity index is 1490. The van der Waals surface area contributed by atoms with E-state index in [0.717, 1.165) is 27.4 Å². The average Bonchev–Trinajstić information content (AvgIpc) is 3.48. The van der Waals surface area contributed by atoms with Crippen LogP contribution in [0.25, 0.3) is 27.4 Å². The van der Waals surface area contributed by atoms with Crippen LogP contribution in [0.4, 0.5) is 5.69 Å². The van der Waals surface area contributed by atoms with Crippen molar-refractivity contribution in [1.82, 2.24) is 19.5 Å². The number of hydrogen-bond acceptors (Lipinski definition) is 7. The molecule has 5 rings (SSSR count). The average molecular weight is 472 g/mol. The van der Waals surface area contributed by atoms with Crippen LogP contribution in [0.5, 0.6) is 11.5 Å². The Hall–Kier alpha value is -4.24. The summed E-state index contributed by atoms with van der Waals surface area (Å²) in [6, 6.07) is 17.1. The van der Waals surface area contributed by atoms with Crippen molar-refractivity contribution in [3.05, 3.63) is 77.7 Å². The summed E-state index contributed by atoms with van der Waals surface area (Å²) in [5.41, 5.74) is 3.96. The first-order valence-corrected chi connectivity index (χ1v) is 11.3. The molecule has 0 aliphatic rings. The van der Waals surface area contributed by atoms with Crippen LogP contribution in [0.1, 0.15) is 15.4 Å². The van der Waals surface area contributed by atoms with Gasteiger partial charge in [0, 0.05) is 5.56 Å². The van der Waals surface area contributed by atoms with Crippen LogP contribution in [0.3, 0.4) is 0 Å². The molecular weight excluding hydrogens is 450 g/mol. The molecule has 3 aromatic heterocycles. The Morgan fingerprint density at radius 3 is 2.59 bits per heavy atom. The highest BCUT2D eigenvalue weighted by molar-refractivity contribution is 7.17. The smallest absolute Gasteiger partial charge is 0.267 e. The minimum atomic E-state index is -0.232. The predicted octanol–water partition coefficient (Wildman–Crippen LogP) is 5.12. The minimum Gasteiger partial charge on any atom is -0.493 e. The highest BCUT2D eigenvalue weighted by Gasteiger charge is 2.18. The van der Waals surface area contributed by atoms with Gasteiger partial charge < -0.3 is 14.8 Å². The van der Waals surface area contributed by atoms with E-state index in [9.17, 15) is 4.79 Å². The number of hydrogen-bond donors (Lipinski definition) is 1. The summed E-state index contributed by atoms with van der Waals surface area (Å²) >= 11 is 1.32. The van der Waals surface area contributed by atoms with Gasteiger partial charge in [0.2, 0.25) is 0 Å². The molecule has 34 heavy (non-hydrogen) atoms. The maximum Gasteiger partial charge on any atom is 0.267 e. The molecule has 1 amide bonds. The van der Waals surface area contributed by atoms with Crippen molar-refractivity contribution in [3.63, 3.8) is 0 Å². The zero-order valence-corrected chi connectivity index (χ0v) is 19.6. The molecule has 0 bridgehead atoms. The molecule has 1 N–H and O–H groups in total. The standard InChI is InChI=1S/C25H21N5O3S/c1-15-23(34-25(28-15)16-8-10-20(32-2)21(12-16)33-3)24(31)29-17-9-11-22(26-13-17)30-14-27-18-6-4-5-7-19(18)30/h4-14H,1-3H3,(H,29,31). The van der Waals surface area contributed by atoms with Gasteiger partial charge in [-0.3, -0.25) is 9.36 Å². The number of ether oxygens (including phenoxy) is 2. The number of aromatic nitrogens is 4. The number of imidazole rings is 1. The van der Waals surface area contributed by atoms with E-state index in [1.54, 1.807) is 26.7 Å². The molecule has 0 unspecified atom stereocenters. The van der Waals surface area contributed by atoms with Gasteiger partial charge in [-0.2, -0.15) is 0 Å². The summed E-state index contributed by atoms with van der Waals surface area (Å²) in [6.07, 6.45) is 3.37. The monoisotopic (exact) mass is 471 g/mol. The topological polar surface area (TPSA) is 91.2 Å². The normalized spacial score (nSPS) is 10.9. The maximum atomic E-state index is 13.0. The van der Waals surface area contributed by atoms with Gasteiger partial charge in [-0.25, -0.2) is 15.0 Å². The van der Waals surface area contributed by atoms with E-state index in [-0.39, 0.29) is 5.91 Å². The summed E-state index contributed by atoms with van der Waals surface area (Å²) in [5, 5.41) is 3.64. The van der Waals surface area contributed by atoms with Crippen molar-refractivity contribution in [2.24, 2.45) is 0 Å². The second-order valence-corrected chi connectivity index (χ2v) is 8.46. The fourth-order valence-electron chi connectivity index (χ4n) is 3.63. The molecule has 0 saturated heterocycles. The summed E-state index contributed by atoms with van der Waals surface area (Å²) in [4.78, 5) is 27.0. The Kier molecular flexibility index (Phi) is 5.69. The molecule has 0 aliphatic heterocycles. The number of para-hydroxylation sites is 2. The van der Waals surface area contributed by atoms with E-state index < -0.39 is 0 Å². The maximum absolute atomic E-state index is 13.0. The van der Waals surface area contributed by atoms with Crippen LogP contribution >= 0.6 is 11.3 Å². The Labute approximate surface area is 199 Å². The van der Waals surface area contributed by atoms with E-state index >= 15 is 0 Å². The molecule has 0 radical (unpaired) electrons. The molecule has 2 aromatic carbocycles. The zero-order chi connectivity index (χ0) is 23.7. The zero-order valence-electron chi connectivity index (χ0n) is 18.8. The molecule has 9 heteroatoms. The van der Waals surface area contributed by atoms with Crippen molar-refractivity contribution in [1.29, 1.82) is 0 Å². The Morgan fingerprint density at radius 1 is 1.00 bits per heavy atom. The van der Waals surface area contributed by atoms with Crippen LogP contribution in [-0.4, -0.2) is 39.6 Å². The highest BCUT2D eigenvalue weighted by atomic mass is 32.1. The van der Waals surface area contributed by atoms with Gasteiger partial charge in [0.15, 0.2) is 11.5 Å². The number of anilines is 1. The second kappa shape index (κ2) is 8.95. The van der Waals surface area contributed by atoms with E-state index in [1.165, 1.54) is 11.3 Å². The lowest BCUT2D eigenvalue weighted by Gasteiger charge is -2.08. The highest BCUT2D eigenvalue weighted by Crippen LogP contribution is 2.35. The predicted molar refractivity (Wildman–Crippen MR) is 132 cm³/mol. The van der Waals surface area contributed by atoms with Gasteiger partial charge in [-0.05, 0) is 49.4 Å². The first kappa shape index (κ1) is 21.6. The molecular formula is C25H21N5O3S. The number of thiazole rings is 1. The van der Waals surface area contributed by atoms with Crippen molar-refractivity contribution in [3.8, 4) is 27.9 Å². The largest absolute Gasteiger partial charge is 0.493 e. The lowest BCUT2D eigenvalue weighted by atomic mass is 10.2. The second-order valence-electron chi connectivity index (χ2n) is 7.47. The van der Waals surface area contributed by atoms with Gasteiger partial charge >= 0.3 is 0 Å². The molecule has 5 aromatic rings. The van der Waals surface area contributed by atoms with Crippen molar-refractivity contribution in [2.75, 3.05) is 19.5 Å². The lowest BCUT2D eigenvalue weighted by molar-refractivity contribution is 0.102. The SMILES string of the molecule is COc1ccc(-c2nc(C)c(C(=O)Nc3ccc(-n4cnc5ccccc54)nc3)s2)cc1OC. The minimum absolute atomic E-state index is 0.232. The van der Waals surface area contributed by atoms with E-state index in [0.29, 0.717) is 27.8 Å². The summed E-state index contributed by atoms with van der Waals surface area (Å²) in [5.74, 6) is 1.73. The number of pyridine rings is 1. The molecule has 8 nitrogen and oxygen atoms in total. The first-order chi connectivity index (χ1) is 16.6. The fourth-order valence-corrected chi connectivity index (χ4v) is 4.59. The van der Waals surface area contributed by atoms with Crippen LogP contribution in [0, 0.1) is 6.92 Å². The molecule has 0 spiro atoms. The van der Waals surface area contributed by atoms with Crippen LogP contribution in [0.15, 0.2) is 67.1 Å². The Balaban J connectivity index is 1.35. The third kappa shape index (κ3) is 3.97. The molecule has 3 heterocycles. The van der Waals surface area contributed by atoms with Crippen molar-refractivity contribution >= 4 is 34.0 Å². The van der Waals surface area contributed by atoms with Gasteiger partial charge in [-0.15, -0.1) is 11.3 Å². The molecule has 170 valence electrons. The number of nitrogens with one attached hydrogen (secondary N) is 1. The first-order valence-electron chi connectivity index (χ1n) is 10.5. The van der Waals surface area contributed by atoms with E-state index in [1.807, 2.05) is 66.1 Å². The number of carbonyl (C=O) groups is 1. The van der Waals surface area contributed by atoms with Crippen LogP contribution < -0.4 is 14.8 Å². The number of carbonyl (C=O) groups excluding carboxylic acids is 1.